The van der Waals surface area contributed by atoms with Gasteiger partial charge in [-0.3, -0.25) is 14.4 Å². The summed E-state index contributed by atoms with van der Waals surface area (Å²) in [4.78, 5) is 34.5. The molecule has 0 aromatic heterocycles. The van der Waals surface area contributed by atoms with E-state index >= 15 is 0 Å². The number of ether oxygens (including phenoxy) is 2. The monoisotopic (exact) mass is 586 g/mol. The molecule has 41 heavy (non-hydrogen) atoms. The van der Waals surface area contributed by atoms with Crippen molar-refractivity contribution in [3.05, 3.63) is 0 Å². The van der Waals surface area contributed by atoms with Crippen molar-refractivity contribution in [3.63, 3.8) is 0 Å². The lowest BCUT2D eigenvalue weighted by atomic mass is 9.92. The Hall–Kier alpha value is -1.67. The van der Waals surface area contributed by atoms with E-state index in [0.717, 1.165) is 19.3 Å². The minimum atomic E-state index is -1.25. The van der Waals surface area contributed by atoms with Crippen LogP contribution in [0.25, 0.3) is 0 Å². The SMILES string of the molecule is CCCCCCCCCCCCCCCCCCCCCC(=O)OCC(CO)(CO)COC(=O)CCCCC(=O)O. The van der Waals surface area contributed by atoms with Crippen molar-refractivity contribution in [2.45, 2.75) is 161 Å². The third-order valence-electron chi connectivity index (χ3n) is 7.76. The molecular weight excluding hydrogens is 524 g/mol. The number of rotatable bonds is 31. The van der Waals surface area contributed by atoms with Crippen molar-refractivity contribution >= 4 is 17.9 Å². The third kappa shape index (κ3) is 25.7. The van der Waals surface area contributed by atoms with Gasteiger partial charge in [-0.1, -0.05) is 122 Å². The second-order valence-corrected chi connectivity index (χ2v) is 11.9. The highest BCUT2D eigenvalue weighted by molar-refractivity contribution is 5.70. The molecule has 0 radical (unpaired) electrons. The molecule has 0 spiro atoms. The van der Waals surface area contributed by atoms with Crippen LogP contribution in [0.15, 0.2) is 0 Å². The first-order valence-corrected chi connectivity index (χ1v) is 16.6. The molecule has 0 aromatic carbocycles. The van der Waals surface area contributed by atoms with Gasteiger partial charge in [0.1, 0.15) is 13.2 Å². The first-order chi connectivity index (χ1) is 19.9. The molecule has 0 bridgehead atoms. The number of unbranched alkanes of at least 4 members (excludes halogenated alkanes) is 19. The lowest BCUT2D eigenvalue weighted by Gasteiger charge is -2.28. The minimum Gasteiger partial charge on any atom is -0.481 e. The number of aliphatic hydroxyl groups excluding tert-OH is 2. The quantitative estimate of drug-likeness (QED) is 0.0562. The Morgan fingerprint density at radius 1 is 0.488 bits per heavy atom. The Kier molecular flexibility index (Phi) is 27.3. The molecule has 3 N–H and O–H groups in total. The van der Waals surface area contributed by atoms with Crippen LogP contribution in [-0.2, 0) is 23.9 Å². The molecule has 0 aromatic rings. The number of carbonyl (C=O) groups excluding carboxylic acids is 2. The van der Waals surface area contributed by atoms with Crippen LogP contribution < -0.4 is 0 Å². The standard InChI is InChI=1S/C33H62O8/c1-2-3-4-5-6-7-8-9-10-11-12-13-14-15-16-17-18-19-20-24-31(38)40-28-33(26-34,27-35)29-41-32(39)25-22-21-23-30(36)37/h34-35H,2-29H2,1H3,(H,36,37). The molecule has 0 fully saturated rings. The maximum Gasteiger partial charge on any atom is 0.305 e. The van der Waals surface area contributed by atoms with E-state index in [9.17, 15) is 24.6 Å². The second kappa shape index (κ2) is 28.4. The topological polar surface area (TPSA) is 130 Å². The van der Waals surface area contributed by atoms with E-state index in [1.165, 1.54) is 103 Å². The van der Waals surface area contributed by atoms with Gasteiger partial charge in [0.05, 0.1) is 18.6 Å². The summed E-state index contributed by atoms with van der Waals surface area (Å²) in [5.74, 6) is -1.84. The highest BCUT2D eigenvalue weighted by Crippen LogP contribution is 2.19. The summed E-state index contributed by atoms with van der Waals surface area (Å²) in [6, 6.07) is 0. The van der Waals surface area contributed by atoms with Gasteiger partial charge >= 0.3 is 17.9 Å². The van der Waals surface area contributed by atoms with E-state index in [1.807, 2.05) is 0 Å². The van der Waals surface area contributed by atoms with Crippen LogP contribution in [0.3, 0.4) is 0 Å². The molecule has 8 nitrogen and oxygen atoms in total. The smallest absolute Gasteiger partial charge is 0.305 e. The van der Waals surface area contributed by atoms with E-state index in [1.54, 1.807) is 0 Å². The zero-order chi connectivity index (χ0) is 30.4. The molecule has 0 saturated heterocycles. The second-order valence-electron chi connectivity index (χ2n) is 11.9. The van der Waals surface area contributed by atoms with Gasteiger partial charge < -0.3 is 24.8 Å². The summed E-state index contributed by atoms with van der Waals surface area (Å²) in [6.45, 7) is 0.767. The van der Waals surface area contributed by atoms with Gasteiger partial charge in [0, 0.05) is 19.3 Å². The van der Waals surface area contributed by atoms with Gasteiger partial charge in [-0.25, -0.2) is 0 Å². The zero-order valence-corrected chi connectivity index (χ0v) is 26.2. The first-order valence-electron chi connectivity index (χ1n) is 16.6. The molecule has 0 unspecified atom stereocenters. The van der Waals surface area contributed by atoms with Crippen LogP contribution in [-0.4, -0.2) is 59.7 Å². The van der Waals surface area contributed by atoms with Crippen molar-refractivity contribution < 1.29 is 39.2 Å². The fourth-order valence-electron chi connectivity index (χ4n) is 4.78. The number of carboxylic acids is 1. The number of carbonyl (C=O) groups is 3. The largest absolute Gasteiger partial charge is 0.481 e. The molecule has 0 heterocycles. The number of esters is 2. The maximum absolute atomic E-state index is 12.1. The average molecular weight is 587 g/mol. The molecule has 0 aliphatic heterocycles. The van der Waals surface area contributed by atoms with Crippen molar-refractivity contribution in [2.75, 3.05) is 26.4 Å². The third-order valence-corrected chi connectivity index (χ3v) is 7.76. The van der Waals surface area contributed by atoms with E-state index < -0.39 is 30.6 Å². The molecule has 0 aliphatic carbocycles. The van der Waals surface area contributed by atoms with Crippen LogP contribution in [0, 0.1) is 5.41 Å². The summed E-state index contributed by atoms with van der Waals surface area (Å²) in [7, 11) is 0. The zero-order valence-electron chi connectivity index (χ0n) is 26.2. The lowest BCUT2D eigenvalue weighted by molar-refractivity contribution is -0.159. The number of aliphatic hydroxyl groups is 2. The van der Waals surface area contributed by atoms with Gasteiger partial charge in [0.2, 0.25) is 0 Å². The summed E-state index contributed by atoms with van der Waals surface area (Å²) >= 11 is 0. The average Bonchev–Trinajstić information content (AvgIpc) is 2.97. The predicted molar refractivity (Wildman–Crippen MR) is 163 cm³/mol. The van der Waals surface area contributed by atoms with Gasteiger partial charge in [0.15, 0.2) is 0 Å². The van der Waals surface area contributed by atoms with Crippen molar-refractivity contribution in [3.8, 4) is 0 Å². The highest BCUT2D eigenvalue weighted by atomic mass is 16.5. The van der Waals surface area contributed by atoms with Gasteiger partial charge in [-0.2, -0.15) is 0 Å². The number of hydrogen-bond acceptors (Lipinski definition) is 7. The molecule has 0 aliphatic rings. The van der Waals surface area contributed by atoms with E-state index in [-0.39, 0.29) is 38.4 Å². The van der Waals surface area contributed by atoms with Crippen LogP contribution in [0.4, 0.5) is 0 Å². The molecule has 8 heteroatoms. The van der Waals surface area contributed by atoms with Gasteiger partial charge in [0.25, 0.3) is 0 Å². The summed E-state index contributed by atoms with van der Waals surface area (Å²) < 4.78 is 10.4. The van der Waals surface area contributed by atoms with E-state index in [4.69, 9.17) is 14.6 Å². The normalized spacial score (nSPS) is 11.5. The molecule has 242 valence electrons. The summed E-state index contributed by atoms with van der Waals surface area (Å²) in [5, 5.41) is 28.1. The van der Waals surface area contributed by atoms with Crippen LogP contribution in [0.2, 0.25) is 0 Å². The van der Waals surface area contributed by atoms with Crippen molar-refractivity contribution in [2.24, 2.45) is 5.41 Å². The summed E-state index contributed by atoms with van der Waals surface area (Å²) in [5.41, 5.74) is -1.25. The first kappa shape index (κ1) is 39.3. The fourth-order valence-corrected chi connectivity index (χ4v) is 4.78. The van der Waals surface area contributed by atoms with Gasteiger partial charge in [-0.15, -0.1) is 0 Å². The van der Waals surface area contributed by atoms with Crippen LogP contribution in [0.5, 0.6) is 0 Å². The van der Waals surface area contributed by atoms with Crippen molar-refractivity contribution in [1.29, 1.82) is 0 Å². The molecule has 0 rings (SSSR count). The number of aliphatic carboxylic acids is 1. The fraction of sp³-hybridized carbons (Fsp3) is 0.909. The number of carboxylic acid groups (broad SMARTS) is 1. The van der Waals surface area contributed by atoms with Crippen molar-refractivity contribution in [1.82, 2.24) is 0 Å². The lowest BCUT2D eigenvalue weighted by Crippen LogP contribution is -2.41. The molecule has 0 amide bonds. The summed E-state index contributed by atoms with van der Waals surface area (Å²) in [6.07, 6.45) is 25.6. The maximum atomic E-state index is 12.1. The van der Waals surface area contributed by atoms with Crippen LogP contribution in [0.1, 0.15) is 161 Å². The van der Waals surface area contributed by atoms with E-state index in [0.29, 0.717) is 12.8 Å². The Morgan fingerprint density at radius 2 is 0.780 bits per heavy atom. The van der Waals surface area contributed by atoms with E-state index in [2.05, 4.69) is 6.92 Å². The van der Waals surface area contributed by atoms with Crippen LogP contribution >= 0.6 is 0 Å². The van der Waals surface area contributed by atoms with Gasteiger partial charge in [-0.05, 0) is 19.3 Å². The number of hydrogen-bond donors (Lipinski definition) is 3. The molecule has 0 saturated carbocycles. The molecular formula is C33H62O8. The Bertz CT molecular complexity index is 633. The predicted octanol–water partition coefficient (Wildman–Crippen LogP) is 7.51. The Labute approximate surface area is 250 Å². The highest BCUT2D eigenvalue weighted by Gasteiger charge is 2.33. The molecule has 0 atom stereocenters. The Morgan fingerprint density at radius 3 is 1.10 bits per heavy atom. The Balaban J connectivity index is 3.67. The minimum absolute atomic E-state index is 0.0139.